The van der Waals surface area contributed by atoms with Crippen LogP contribution in [0.3, 0.4) is 0 Å². The van der Waals surface area contributed by atoms with Gasteiger partial charge >= 0.3 is 0 Å². The summed E-state index contributed by atoms with van der Waals surface area (Å²) in [6.07, 6.45) is 1.09. The molecule has 2 aromatic rings. The number of amides is 5. The van der Waals surface area contributed by atoms with E-state index in [-0.39, 0.29) is 30.0 Å². The molecule has 2 aromatic carbocycles. The van der Waals surface area contributed by atoms with Gasteiger partial charge in [-0.1, -0.05) is 18.2 Å². The molecule has 5 amide bonds. The van der Waals surface area contributed by atoms with Crippen LogP contribution >= 0.6 is 0 Å². The van der Waals surface area contributed by atoms with Gasteiger partial charge in [-0.05, 0) is 47.7 Å². The number of fused-ring (bicyclic) bond motifs is 1. The Balaban J connectivity index is 1.53. The van der Waals surface area contributed by atoms with Crippen molar-refractivity contribution in [2.45, 2.75) is 45.7 Å². The minimum atomic E-state index is -0.646. The minimum absolute atomic E-state index is 0.210. The summed E-state index contributed by atoms with van der Waals surface area (Å²) in [7, 11) is 0. The highest BCUT2D eigenvalue weighted by Crippen LogP contribution is 2.30. The van der Waals surface area contributed by atoms with Crippen LogP contribution < -0.4 is 16.0 Å². The minimum Gasteiger partial charge on any atom is -0.325 e. The van der Waals surface area contributed by atoms with E-state index >= 15 is 0 Å². The van der Waals surface area contributed by atoms with Gasteiger partial charge in [0.1, 0.15) is 6.04 Å². The summed E-state index contributed by atoms with van der Waals surface area (Å²) < 4.78 is 0. The van der Waals surface area contributed by atoms with Gasteiger partial charge < -0.3 is 15.5 Å². The molecule has 0 spiro atoms. The smallest absolute Gasteiger partial charge is 0.255 e. The van der Waals surface area contributed by atoms with Crippen molar-refractivity contribution in [1.29, 1.82) is 0 Å². The van der Waals surface area contributed by atoms with Crippen molar-refractivity contribution in [3.05, 3.63) is 58.7 Å². The number of carbonyl (C=O) groups is 5. The van der Waals surface area contributed by atoms with Crippen molar-refractivity contribution in [1.82, 2.24) is 10.2 Å². The molecule has 1 fully saturated rings. The van der Waals surface area contributed by atoms with Gasteiger partial charge in [0.25, 0.3) is 5.91 Å². The molecule has 0 unspecified atom stereocenters. The topological polar surface area (TPSA) is 125 Å². The van der Waals surface area contributed by atoms with Gasteiger partial charge in [-0.3, -0.25) is 29.3 Å². The van der Waals surface area contributed by atoms with E-state index in [0.29, 0.717) is 36.3 Å². The SMILES string of the molecule is CC(=O)Nc1ccc(Cc2ccc3c(c2)CN([C@H]2CCC(=O)NC2=O)C3=O)cc1NC(C)=O. The predicted molar refractivity (Wildman–Crippen MR) is 120 cm³/mol. The van der Waals surface area contributed by atoms with Crippen LogP contribution in [0.25, 0.3) is 0 Å². The lowest BCUT2D eigenvalue weighted by Gasteiger charge is -2.29. The van der Waals surface area contributed by atoms with E-state index in [9.17, 15) is 24.0 Å². The molecule has 3 N–H and O–H groups in total. The third kappa shape index (κ3) is 4.77. The molecule has 1 atom stereocenters. The monoisotopic (exact) mass is 448 g/mol. The average molecular weight is 448 g/mol. The number of nitrogens with one attached hydrogen (secondary N) is 3. The van der Waals surface area contributed by atoms with Crippen molar-refractivity contribution in [2.75, 3.05) is 10.6 Å². The maximum Gasteiger partial charge on any atom is 0.255 e. The van der Waals surface area contributed by atoms with Crippen molar-refractivity contribution in [2.24, 2.45) is 0 Å². The van der Waals surface area contributed by atoms with Gasteiger partial charge in [0, 0.05) is 32.4 Å². The number of hydrogen-bond donors (Lipinski definition) is 3. The zero-order valence-corrected chi connectivity index (χ0v) is 18.4. The number of piperidine rings is 1. The summed E-state index contributed by atoms with van der Waals surface area (Å²) >= 11 is 0. The highest BCUT2D eigenvalue weighted by molar-refractivity contribution is 6.05. The van der Waals surface area contributed by atoms with Crippen LogP contribution in [0.5, 0.6) is 0 Å². The Hall–Kier alpha value is -4.01. The van der Waals surface area contributed by atoms with Gasteiger partial charge in [0.05, 0.1) is 11.4 Å². The first-order chi connectivity index (χ1) is 15.7. The lowest BCUT2D eigenvalue weighted by atomic mass is 9.99. The molecule has 0 aliphatic carbocycles. The number of anilines is 2. The Labute approximate surface area is 190 Å². The summed E-state index contributed by atoms with van der Waals surface area (Å²) in [6.45, 7) is 3.11. The molecule has 0 bridgehead atoms. The summed E-state index contributed by atoms with van der Waals surface area (Å²) in [4.78, 5) is 61.0. The molecular formula is C24H24N4O5. The number of nitrogens with zero attached hydrogens (tertiary/aromatic N) is 1. The van der Waals surface area contributed by atoms with E-state index in [1.54, 1.807) is 18.2 Å². The van der Waals surface area contributed by atoms with Crippen LogP contribution in [0, 0.1) is 0 Å². The molecule has 0 radical (unpaired) electrons. The van der Waals surface area contributed by atoms with Crippen molar-refractivity contribution < 1.29 is 24.0 Å². The molecule has 0 saturated carbocycles. The zero-order valence-electron chi connectivity index (χ0n) is 18.4. The molecular weight excluding hydrogens is 424 g/mol. The van der Waals surface area contributed by atoms with Crippen molar-refractivity contribution in [3.8, 4) is 0 Å². The predicted octanol–water partition coefficient (Wildman–Crippen LogP) is 1.96. The fourth-order valence-corrected chi connectivity index (χ4v) is 4.27. The van der Waals surface area contributed by atoms with E-state index < -0.39 is 11.9 Å². The van der Waals surface area contributed by atoms with E-state index in [1.807, 2.05) is 18.2 Å². The molecule has 0 aromatic heterocycles. The lowest BCUT2D eigenvalue weighted by Crippen LogP contribution is -2.52. The Morgan fingerprint density at radius 2 is 1.64 bits per heavy atom. The van der Waals surface area contributed by atoms with Gasteiger partial charge in [-0.25, -0.2) is 0 Å². The summed E-state index contributed by atoms with van der Waals surface area (Å²) in [5.74, 6) is -1.44. The summed E-state index contributed by atoms with van der Waals surface area (Å²) in [5, 5.41) is 7.74. The number of imide groups is 1. The average Bonchev–Trinajstić information content (AvgIpc) is 3.05. The number of carbonyl (C=O) groups excluding carboxylic acids is 5. The number of rotatable bonds is 5. The number of benzene rings is 2. The molecule has 170 valence electrons. The first-order valence-electron chi connectivity index (χ1n) is 10.7. The molecule has 2 heterocycles. The lowest BCUT2D eigenvalue weighted by molar-refractivity contribution is -0.137. The molecule has 2 aliphatic rings. The molecule has 2 aliphatic heterocycles. The second kappa shape index (κ2) is 8.85. The first kappa shape index (κ1) is 22.2. The standard InChI is InChI=1S/C24H24N4O5/c1-13(29)25-19-6-4-16(11-20(19)26-14(2)30)9-15-3-5-18-17(10-15)12-28(24(18)33)21-7-8-22(31)27-23(21)32/h3-6,10-11,21H,7-9,12H2,1-2H3,(H,25,29)(H,26,30)(H,27,31,32)/t21-/m0/s1. The molecule has 33 heavy (non-hydrogen) atoms. The largest absolute Gasteiger partial charge is 0.325 e. The third-order valence-corrected chi connectivity index (χ3v) is 5.70. The van der Waals surface area contributed by atoms with Crippen LogP contribution in [0.15, 0.2) is 36.4 Å². The van der Waals surface area contributed by atoms with Crippen molar-refractivity contribution in [3.63, 3.8) is 0 Å². The Bertz CT molecular complexity index is 1190. The van der Waals surface area contributed by atoms with Crippen LogP contribution in [0.1, 0.15) is 53.7 Å². The van der Waals surface area contributed by atoms with Gasteiger partial charge in [-0.2, -0.15) is 0 Å². The van der Waals surface area contributed by atoms with Crippen LogP contribution in [-0.2, 0) is 32.1 Å². The van der Waals surface area contributed by atoms with Gasteiger partial charge in [0.15, 0.2) is 0 Å². The molecule has 4 rings (SSSR count). The second-order valence-electron chi connectivity index (χ2n) is 8.31. The van der Waals surface area contributed by atoms with Crippen LogP contribution in [0.2, 0.25) is 0 Å². The Kier molecular flexibility index (Phi) is 5.95. The highest BCUT2D eigenvalue weighted by atomic mass is 16.2. The molecule has 9 heteroatoms. The maximum atomic E-state index is 12.9. The van der Waals surface area contributed by atoms with E-state index in [2.05, 4.69) is 16.0 Å². The summed E-state index contributed by atoms with van der Waals surface area (Å²) in [5.41, 5.74) is 4.30. The van der Waals surface area contributed by atoms with Crippen molar-refractivity contribution >= 4 is 40.9 Å². The fourth-order valence-electron chi connectivity index (χ4n) is 4.27. The Morgan fingerprint density at radius 1 is 0.970 bits per heavy atom. The van der Waals surface area contributed by atoms with E-state index in [4.69, 9.17) is 0 Å². The van der Waals surface area contributed by atoms with E-state index in [1.165, 1.54) is 18.7 Å². The highest BCUT2D eigenvalue weighted by Gasteiger charge is 2.39. The quantitative estimate of drug-likeness (QED) is 0.603. The molecule has 9 nitrogen and oxygen atoms in total. The van der Waals surface area contributed by atoms with Crippen LogP contribution in [-0.4, -0.2) is 40.5 Å². The third-order valence-electron chi connectivity index (χ3n) is 5.70. The van der Waals surface area contributed by atoms with Crippen LogP contribution in [0.4, 0.5) is 11.4 Å². The maximum absolute atomic E-state index is 12.9. The summed E-state index contributed by atoms with van der Waals surface area (Å²) in [6, 6.07) is 10.3. The normalized spacial score (nSPS) is 17.5. The fraction of sp³-hybridized carbons (Fsp3) is 0.292. The van der Waals surface area contributed by atoms with Gasteiger partial charge in [-0.15, -0.1) is 0 Å². The van der Waals surface area contributed by atoms with Gasteiger partial charge in [0.2, 0.25) is 23.6 Å². The second-order valence-corrected chi connectivity index (χ2v) is 8.31. The number of hydrogen-bond acceptors (Lipinski definition) is 5. The zero-order chi connectivity index (χ0) is 23.7. The Morgan fingerprint density at radius 3 is 2.33 bits per heavy atom. The first-order valence-corrected chi connectivity index (χ1v) is 10.7. The molecule has 1 saturated heterocycles. The van der Waals surface area contributed by atoms with E-state index in [0.717, 1.165) is 16.7 Å².